The van der Waals surface area contributed by atoms with Crippen molar-refractivity contribution in [3.8, 4) is 17.4 Å². The van der Waals surface area contributed by atoms with Crippen LogP contribution in [0.2, 0.25) is 0 Å². The summed E-state index contributed by atoms with van der Waals surface area (Å²) in [5.41, 5.74) is 0. The average Bonchev–Trinajstić information content (AvgIpc) is 2.35. The summed E-state index contributed by atoms with van der Waals surface area (Å²) in [5, 5.41) is 0. The number of ether oxygens (including phenoxy) is 3. The third-order valence-corrected chi connectivity index (χ3v) is 1.69. The lowest BCUT2D eigenvalue weighted by atomic mass is 10.4. The van der Waals surface area contributed by atoms with E-state index in [0.717, 1.165) is 0 Å². The van der Waals surface area contributed by atoms with Crippen molar-refractivity contribution in [2.45, 2.75) is 0 Å². The largest absolute Gasteiger partial charge is 0.485 e. The first-order valence-electron chi connectivity index (χ1n) is 4.89. The molecule has 0 N–H and O–H groups in total. The van der Waals surface area contributed by atoms with Crippen LogP contribution in [0.4, 0.5) is 0 Å². The Morgan fingerprint density at radius 1 is 1.18 bits per heavy atom. The maximum absolute atomic E-state index is 10.2. The summed E-state index contributed by atoms with van der Waals surface area (Å²) in [7, 11) is 0. The van der Waals surface area contributed by atoms with Crippen LogP contribution in [0, 0.1) is 0 Å². The van der Waals surface area contributed by atoms with E-state index in [4.69, 9.17) is 9.47 Å². The molecule has 0 aliphatic rings. The van der Waals surface area contributed by atoms with Gasteiger partial charge in [0.15, 0.2) is 11.5 Å². The van der Waals surface area contributed by atoms with E-state index < -0.39 is 0 Å². The normalized spacial score (nSPS) is 9.18. The summed E-state index contributed by atoms with van der Waals surface area (Å²) in [4.78, 5) is 14.1. The zero-order valence-electron chi connectivity index (χ0n) is 9.30. The number of aromatic nitrogens is 1. The number of nitrogens with zero attached hydrogens (tertiary/aromatic N) is 1. The highest BCUT2D eigenvalue weighted by atomic mass is 16.5. The number of pyridine rings is 1. The molecule has 0 unspecified atom stereocenters. The van der Waals surface area contributed by atoms with Crippen LogP contribution in [0.1, 0.15) is 0 Å². The first kappa shape index (κ1) is 12.8. The fraction of sp³-hybridized carbons (Fsp3) is 0.167. The Morgan fingerprint density at radius 2 is 1.82 bits per heavy atom. The highest BCUT2D eigenvalue weighted by Gasteiger charge is 2.08. The fourth-order valence-electron chi connectivity index (χ4n) is 1.04. The maximum atomic E-state index is 10.2. The van der Waals surface area contributed by atoms with E-state index in [1.165, 1.54) is 12.3 Å². The Kier molecular flexibility index (Phi) is 5.30. The number of carbonyl (C=O) groups is 1. The summed E-state index contributed by atoms with van der Waals surface area (Å²) < 4.78 is 15.3. The van der Waals surface area contributed by atoms with Gasteiger partial charge >= 0.3 is 0 Å². The highest BCUT2D eigenvalue weighted by molar-refractivity contribution is 5.47. The zero-order chi connectivity index (χ0) is 12.5. The standard InChI is InChI=1S/C12H13NO4/c1-3-5-15-10-7-12(17-9-14)13-8-11(10)16-6-4-2/h3-4,7-9H,1-2,5-6H2. The van der Waals surface area contributed by atoms with Crippen LogP contribution in [0.3, 0.4) is 0 Å². The summed E-state index contributed by atoms with van der Waals surface area (Å²) >= 11 is 0. The van der Waals surface area contributed by atoms with Gasteiger partial charge in [0, 0.05) is 6.07 Å². The molecule has 0 aliphatic heterocycles. The molecule has 0 atom stereocenters. The summed E-state index contributed by atoms with van der Waals surface area (Å²) in [6.07, 6.45) is 4.62. The van der Waals surface area contributed by atoms with Gasteiger partial charge in [0.1, 0.15) is 13.2 Å². The molecule has 1 rings (SSSR count). The molecule has 0 radical (unpaired) electrons. The van der Waals surface area contributed by atoms with Gasteiger partial charge in [-0.1, -0.05) is 25.3 Å². The summed E-state index contributed by atoms with van der Waals surface area (Å²) in [5.74, 6) is 1.02. The van der Waals surface area contributed by atoms with Crippen LogP contribution in [-0.2, 0) is 4.79 Å². The van der Waals surface area contributed by atoms with Gasteiger partial charge in [0.25, 0.3) is 6.47 Å². The van der Waals surface area contributed by atoms with Crippen molar-refractivity contribution in [1.29, 1.82) is 0 Å². The average molecular weight is 235 g/mol. The summed E-state index contributed by atoms with van der Waals surface area (Å²) in [6.45, 7) is 8.03. The molecule has 1 aromatic heterocycles. The summed E-state index contributed by atoms with van der Waals surface area (Å²) in [6, 6.07) is 1.47. The lowest BCUT2D eigenvalue weighted by Crippen LogP contribution is -2.01. The first-order chi connectivity index (χ1) is 8.31. The molecule has 0 amide bonds. The molecule has 1 heterocycles. The van der Waals surface area contributed by atoms with Crippen molar-refractivity contribution in [1.82, 2.24) is 4.98 Å². The van der Waals surface area contributed by atoms with Crippen LogP contribution in [0.5, 0.6) is 17.4 Å². The van der Waals surface area contributed by atoms with Crippen molar-refractivity contribution < 1.29 is 19.0 Å². The Balaban J connectivity index is 2.88. The van der Waals surface area contributed by atoms with E-state index >= 15 is 0 Å². The number of carbonyl (C=O) groups excluding carboxylic acids is 1. The molecular formula is C12H13NO4. The molecule has 17 heavy (non-hydrogen) atoms. The molecule has 0 bridgehead atoms. The van der Waals surface area contributed by atoms with E-state index in [-0.39, 0.29) is 5.88 Å². The monoisotopic (exact) mass is 235 g/mol. The molecular weight excluding hydrogens is 222 g/mol. The maximum Gasteiger partial charge on any atom is 0.299 e. The van der Waals surface area contributed by atoms with Crippen molar-refractivity contribution in [3.63, 3.8) is 0 Å². The van der Waals surface area contributed by atoms with E-state index in [2.05, 4.69) is 22.9 Å². The second kappa shape index (κ2) is 7.05. The molecule has 0 spiro atoms. The third kappa shape index (κ3) is 3.98. The molecule has 0 aliphatic carbocycles. The second-order valence-electron chi connectivity index (χ2n) is 2.88. The van der Waals surface area contributed by atoms with E-state index in [0.29, 0.717) is 31.2 Å². The minimum atomic E-state index is 0.144. The van der Waals surface area contributed by atoms with Gasteiger partial charge in [-0.2, -0.15) is 0 Å². The molecule has 0 fully saturated rings. The molecule has 5 nitrogen and oxygen atoms in total. The van der Waals surface area contributed by atoms with Crippen molar-refractivity contribution >= 4 is 6.47 Å². The van der Waals surface area contributed by atoms with Crippen LogP contribution < -0.4 is 14.2 Å². The molecule has 0 saturated carbocycles. The van der Waals surface area contributed by atoms with Crippen molar-refractivity contribution in [3.05, 3.63) is 37.6 Å². The van der Waals surface area contributed by atoms with Gasteiger partial charge < -0.3 is 14.2 Å². The minimum Gasteiger partial charge on any atom is -0.485 e. The lowest BCUT2D eigenvalue weighted by Gasteiger charge is -2.10. The Labute approximate surface area is 99.3 Å². The Hall–Kier alpha value is -2.30. The SMILES string of the molecule is C=CCOc1cnc(OC=O)cc1OCC=C. The predicted octanol–water partition coefficient (Wildman–Crippen LogP) is 1.75. The third-order valence-electron chi connectivity index (χ3n) is 1.69. The number of hydrogen-bond acceptors (Lipinski definition) is 5. The lowest BCUT2D eigenvalue weighted by molar-refractivity contribution is -0.120. The highest BCUT2D eigenvalue weighted by Crippen LogP contribution is 2.29. The van der Waals surface area contributed by atoms with Crippen LogP contribution in [0.25, 0.3) is 0 Å². The number of rotatable bonds is 8. The van der Waals surface area contributed by atoms with Crippen molar-refractivity contribution in [2.75, 3.05) is 13.2 Å². The molecule has 1 aromatic rings. The van der Waals surface area contributed by atoms with Gasteiger partial charge in [-0.25, -0.2) is 4.98 Å². The van der Waals surface area contributed by atoms with Crippen LogP contribution in [-0.4, -0.2) is 24.7 Å². The van der Waals surface area contributed by atoms with Crippen LogP contribution in [0.15, 0.2) is 37.6 Å². The van der Waals surface area contributed by atoms with Gasteiger partial charge in [-0.15, -0.1) is 0 Å². The molecule has 90 valence electrons. The topological polar surface area (TPSA) is 57.7 Å². The predicted molar refractivity (Wildman–Crippen MR) is 62.3 cm³/mol. The Bertz CT molecular complexity index is 403. The minimum absolute atomic E-state index is 0.144. The number of hydrogen-bond donors (Lipinski definition) is 0. The van der Waals surface area contributed by atoms with Crippen LogP contribution >= 0.6 is 0 Å². The molecule has 0 aromatic carbocycles. The molecule has 0 saturated heterocycles. The fourth-order valence-corrected chi connectivity index (χ4v) is 1.04. The van der Waals surface area contributed by atoms with E-state index in [1.807, 2.05) is 0 Å². The van der Waals surface area contributed by atoms with E-state index in [1.54, 1.807) is 12.2 Å². The zero-order valence-corrected chi connectivity index (χ0v) is 9.30. The smallest absolute Gasteiger partial charge is 0.299 e. The van der Waals surface area contributed by atoms with Gasteiger partial charge in [-0.3, -0.25) is 4.79 Å². The van der Waals surface area contributed by atoms with Gasteiger partial charge in [0.2, 0.25) is 5.88 Å². The van der Waals surface area contributed by atoms with E-state index in [9.17, 15) is 4.79 Å². The first-order valence-corrected chi connectivity index (χ1v) is 4.89. The Morgan fingerprint density at radius 3 is 2.41 bits per heavy atom. The quantitative estimate of drug-likeness (QED) is 0.507. The second-order valence-corrected chi connectivity index (χ2v) is 2.88. The molecule has 5 heteroatoms. The van der Waals surface area contributed by atoms with Crippen molar-refractivity contribution in [2.24, 2.45) is 0 Å². The van der Waals surface area contributed by atoms with Gasteiger partial charge in [-0.05, 0) is 0 Å². The van der Waals surface area contributed by atoms with Gasteiger partial charge in [0.05, 0.1) is 6.20 Å².